The van der Waals surface area contributed by atoms with Crippen molar-refractivity contribution in [3.63, 3.8) is 0 Å². The average molecular weight is 363 g/mol. The lowest BCUT2D eigenvalue weighted by Crippen LogP contribution is -2.52. The highest BCUT2D eigenvalue weighted by atomic mass is 16.5. The van der Waals surface area contributed by atoms with Crippen molar-refractivity contribution in [1.29, 1.82) is 0 Å². The first kappa shape index (κ1) is 20.5. The highest BCUT2D eigenvalue weighted by Crippen LogP contribution is 2.15. The fourth-order valence-electron chi connectivity index (χ4n) is 3.17. The molecule has 1 aromatic rings. The third-order valence-corrected chi connectivity index (χ3v) is 4.73. The van der Waals surface area contributed by atoms with Crippen LogP contribution in [0.5, 0.6) is 5.75 Å². The van der Waals surface area contributed by atoms with E-state index < -0.39 is 0 Å². The first-order chi connectivity index (χ1) is 12.6. The predicted molar refractivity (Wildman–Crippen MR) is 107 cm³/mol. The number of guanidine groups is 1. The molecule has 1 atom stereocenters. The molecule has 1 fully saturated rings. The van der Waals surface area contributed by atoms with Gasteiger partial charge in [-0.2, -0.15) is 0 Å². The summed E-state index contributed by atoms with van der Waals surface area (Å²) in [4.78, 5) is 6.83. The number of hydrogen-bond acceptors (Lipinski definition) is 4. The average Bonchev–Trinajstić information content (AvgIpc) is 2.65. The standard InChI is InChI=1S/C20H34N4O2/c1-16(2)18(24-10-13-25-14-11-24)15-23-20(21-4)22-9-12-26-19-8-6-5-7-17(19)3/h5-8,16,18H,9-15H2,1-4H3,(H2,21,22,23). The number of benzene rings is 1. The number of nitrogens with zero attached hydrogens (tertiary/aromatic N) is 2. The lowest BCUT2D eigenvalue weighted by molar-refractivity contribution is 0.00752. The summed E-state index contributed by atoms with van der Waals surface area (Å²) < 4.78 is 11.3. The number of hydrogen-bond donors (Lipinski definition) is 2. The molecule has 146 valence electrons. The van der Waals surface area contributed by atoms with E-state index in [0.717, 1.165) is 50.1 Å². The number of aryl methyl sites for hydroxylation is 1. The van der Waals surface area contributed by atoms with E-state index in [1.807, 2.05) is 18.2 Å². The van der Waals surface area contributed by atoms with Crippen molar-refractivity contribution in [2.24, 2.45) is 10.9 Å². The Hall–Kier alpha value is -1.79. The van der Waals surface area contributed by atoms with Gasteiger partial charge in [0.05, 0.1) is 19.8 Å². The molecule has 1 aliphatic rings. The molecule has 1 heterocycles. The van der Waals surface area contributed by atoms with Crippen LogP contribution in [0.15, 0.2) is 29.3 Å². The minimum absolute atomic E-state index is 0.473. The normalized spacial score (nSPS) is 17.2. The van der Waals surface area contributed by atoms with Gasteiger partial charge in [-0.1, -0.05) is 32.0 Å². The highest BCUT2D eigenvalue weighted by Gasteiger charge is 2.23. The van der Waals surface area contributed by atoms with E-state index in [9.17, 15) is 0 Å². The summed E-state index contributed by atoms with van der Waals surface area (Å²) in [6, 6.07) is 8.54. The highest BCUT2D eigenvalue weighted by molar-refractivity contribution is 5.79. The van der Waals surface area contributed by atoms with Gasteiger partial charge in [-0.3, -0.25) is 9.89 Å². The molecule has 0 aliphatic carbocycles. The van der Waals surface area contributed by atoms with E-state index in [4.69, 9.17) is 9.47 Å². The first-order valence-corrected chi connectivity index (χ1v) is 9.56. The minimum Gasteiger partial charge on any atom is -0.491 e. The van der Waals surface area contributed by atoms with Gasteiger partial charge >= 0.3 is 0 Å². The van der Waals surface area contributed by atoms with Crippen molar-refractivity contribution in [3.8, 4) is 5.75 Å². The summed E-state index contributed by atoms with van der Waals surface area (Å²) in [7, 11) is 1.80. The SMILES string of the molecule is CN=C(NCCOc1ccccc1C)NCC(C(C)C)N1CCOCC1. The second kappa shape index (κ2) is 11.0. The van der Waals surface area contributed by atoms with E-state index in [2.05, 4.69) is 47.4 Å². The number of nitrogens with one attached hydrogen (secondary N) is 2. The largest absolute Gasteiger partial charge is 0.491 e. The molecule has 0 spiro atoms. The lowest BCUT2D eigenvalue weighted by Gasteiger charge is -2.37. The van der Waals surface area contributed by atoms with E-state index in [1.165, 1.54) is 0 Å². The summed E-state index contributed by atoms with van der Waals surface area (Å²) in [5.41, 5.74) is 1.15. The Kier molecular flexibility index (Phi) is 8.71. The molecule has 6 heteroatoms. The van der Waals surface area contributed by atoms with Crippen LogP contribution in [0, 0.1) is 12.8 Å². The van der Waals surface area contributed by atoms with Crippen molar-refractivity contribution in [3.05, 3.63) is 29.8 Å². The Morgan fingerprint density at radius 3 is 2.62 bits per heavy atom. The van der Waals surface area contributed by atoms with E-state index in [1.54, 1.807) is 7.05 Å². The zero-order valence-electron chi connectivity index (χ0n) is 16.6. The predicted octanol–water partition coefficient (Wildman–Crippen LogP) is 1.90. The number of para-hydroxylation sites is 1. The van der Waals surface area contributed by atoms with Gasteiger partial charge < -0.3 is 20.1 Å². The van der Waals surface area contributed by atoms with Crippen molar-refractivity contribution >= 4 is 5.96 Å². The number of morpholine rings is 1. The number of aliphatic imine (C=N–C) groups is 1. The summed E-state index contributed by atoms with van der Waals surface area (Å²) in [6.45, 7) is 12.4. The molecule has 1 aliphatic heterocycles. The molecular formula is C20H34N4O2. The molecule has 1 unspecified atom stereocenters. The lowest BCUT2D eigenvalue weighted by atomic mass is 10.0. The molecule has 2 rings (SSSR count). The minimum atomic E-state index is 0.473. The quantitative estimate of drug-likeness (QED) is 0.420. The molecule has 0 aromatic heterocycles. The molecule has 0 bridgehead atoms. The fourth-order valence-corrected chi connectivity index (χ4v) is 3.17. The monoisotopic (exact) mass is 362 g/mol. The molecular weight excluding hydrogens is 328 g/mol. The van der Waals surface area contributed by atoms with Gasteiger partial charge in [0.25, 0.3) is 0 Å². The molecule has 2 N–H and O–H groups in total. The summed E-state index contributed by atoms with van der Waals surface area (Å²) >= 11 is 0. The van der Waals surface area contributed by atoms with Gasteiger partial charge in [0.2, 0.25) is 0 Å². The van der Waals surface area contributed by atoms with Crippen LogP contribution in [0.2, 0.25) is 0 Å². The molecule has 0 amide bonds. The van der Waals surface area contributed by atoms with Crippen molar-refractivity contribution in [1.82, 2.24) is 15.5 Å². The van der Waals surface area contributed by atoms with Gasteiger partial charge in [-0.25, -0.2) is 0 Å². The van der Waals surface area contributed by atoms with Gasteiger partial charge in [0.15, 0.2) is 5.96 Å². The topological polar surface area (TPSA) is 58.1 Å². The van der Waals surface area contributed by atoms with Gasteiger partial charge in [-0.05, 0) is 24.5 Å². The van der Waals surface area contributed by atoms with Gasteiger partial charge in [0.1, 0.15) is 12.4 Å². The summed E-state index contributed by atoms with van der Waals surface area (Å²) in [5, 5.41) is 6.79. The van der Waals surface area contributed by atoms with Crippen LogP contribution in [0.4, 0.5) is 0 Å². The van der Waals surface area contributed by atoms with Crippen LogP contribution >= 0.6 is 0 Å². The van der Waals surface area contributed by atoms with Crippen LogP contribution in [-0.2, 0) is 4.74 Å². The Bertz CT molecular complexity index is 556. The maximum Gasteiger partial charge on any atom is 0.191 e. The number of rotatable bonds is 8. The van der Waals surface area contributed by atoms with E-state index >= 15 is 0 Å². The van der Waals surface area contributed by atoms with Crippen LogP contribution in [0.1, 0.15) is 19.4 Å². The second-order valence-corrected chi connectivity index (χ2v) is 6.95. The third-order valence-electron chi connectivity index (χ3n) is 4.73. The molecule has 1 aromatic carbocycles. The van der Waals surface area contributed by atoms with Gasteiger partial charge in [0, 0.05) is 32.7 Å². The third kappa shape index (κ3) is 6.50. The van der Waals surface area contributed by atoms with Crippen LogP contribution in [0.25, 0.3) is 0 Å². The second-order valence-electron chi connectivity index (χ2n) is 6.95. The first-order valence-electron chi connectivity index (χ1n) is 9.56. The summed E-state index contributed by atoms with van der Waals surface area (Å²) in [6.07, 6.45) is 0. The van der Waals surface area contributed by atoms with Crippen molar-refractivity contribution in [2.45, 2.75) is 26.8 Å². The van der Waals surface area contributed by atoms with Crippen molar-refractivity contribution < 1.29 is 9.47 Å². The van der Waals surface area contributed by atoms with Crippen LogP contribution in [-0.4, -0.2) is 69.9 Å². The van der Waals surface area contributed by atoms with Crippen LogP contribution in [0.3, 0.4) is 0 Å². The molecule has 26 heavy (non-hydrogen) atoms. The fraction of sp³-hybridized carbons (Fsp3) is 0.650. The Morgan fingerprint density at radius 1 is 1.23 bits per heavy atom. The smallest absolute Gasteiger partial charge is 0.191 e. The maximum absolute atomic E-state index is 5.82. The van der Waals surface area contributed by atoms with E-state index in [-0.39, 0.29) is 0 Å². The molecule has 6 nitrogen and oxygen atoms in total. The Morgan fingerprint density at radius 2 is 1.96 bits per heavy atom. The molecule has 1 saturated heterocycles. The van der Waals surface area contributed by atoms with E-state index in [0.29, 0.717) is 25.1 Å². The van der Waals surface area contributed by atoms with Crippen LogP contribution < -0.4 is 15.4 Å². The maximum atomic E-state index is 5.82. The zero-order valence-corrected chi connectivity index (χ0v) is 16.6. The van der Waals surface area contributed by atoms with Gasteiger partial charge in [-0.15, -0.1) is 0 Å². The summed E-state index contributed by atoms with van der Waals surface area (Å²) in [5.74, 6) is 2.32. The van der Waals surface area contributed by atoms with Crippen molar-refractivity contribution in [2.75, 3.05) is 53.0 Å². The zero-order chi connectivity index (χ0) is 18.8. The molecule has 0 radical (unpaired) electrons. The molecule has 0 saturated carbocycles. The Balaban J connectivity index is 1.73. The number of ether oxygens (including phenoxy) is 2. The Labute approximate surface area is 158 Å².